The molecule has 2 rings (SSSR count). The molecule has 0 amide bonds. The zero-order valence-corrected chi connectivity index (χ0v) is 13.5. The van der Waals surface area contributed by atoms with Gasteiger partial charge in [0.2, 0.25) is 0 Å². The lowest BCUT2D eigenvalue weighted by Crippen LogP contribution is -2.48. The third kappa shape index (κ3) is 3.39. The number of hydrogen-bond acceptors (Lipinski definition) is 4. The van der Waals surface area contributed by atoms with Crippen molar-refractivity contribution in [2.45, 2.75) is 44.9 Å². The SMILES string of the molecule is CCN(C(C)COC)C1CCc2ccc(OC)cc2C1O. The quantitative estimate of drug-likeness (QED) is 0.874. The number of benzene rings is 1. The Morgan fingerprint density at radius 3 is 2.76 bits per heavy atom. The fraction of sp³-hybridized carbons (Fsp3) is 0.647. The van der Waals surface area contributed by atoms with Crippen LogP contribution in [-0.4, -0.2) is 49.5 Å². The first kappa shape index (κ1) is 16.3. The van der Waals surface area contributed by atoms with Gasteiger partial charge in [0.25, 0.3) is 0 Å². The van der Waals surface area contributed by atoms with E-state index in [0.29, 0.717) is 12.6 Å². The minimum absolute atomic E-state index is 0.139. The second-order valence-electron chi connectivity index (χ2n) is 5.75. The summed E-state index contributed by atoms with van der Waals surface area (Å²) in [7, 11) is 3.38. The van der Waals surface area contributed by atoms with Gasteiger partial charge in [-0.15, -0.1) is 0 Å². The lowest BCUT2D eigenvalue weighted by Gasteiger charge is -2.41. The molecule has 21 heavy (non-hydrogen) atoms. The Morgan fingerprint density at radius 1 is 1.38 bits per heavy atom. The molecule has 1 N–H and O–H groups in total. The van der Waals surface area contributed by atoms with Crippen LogP contribution in [0.4, 0.5) is 0 Å². The number of likely N-dealkylation sites (N-methyl/N-ethyl adjacent to an activating group) is 1. The van der Waals surface area contributed by atoms with Crippen LogP contribution in [0.2, 0.25) is 0 Å². The maximum Gasteiger partial charge on any atom is 0.119 e. The standard InChI is InChI=1S/C17H27NO3/c1-5-18(12(2)11-20-3)16-9-7-13-6-8-14(21-4)10-15(13)17(16)19/h6,8,10,12,16-17,19H,5,7,9,11H2,1-4H3. The van der Waals surface area contributed by atoms with Crippen molar-refractivity contribution in [1.29, 1.82) is 0 Å². The fourth-order valence-corrected chi connectivity index (χ4v) is 3.43. The molecule has 1 aromatic carbocycles. The number of methoxy groups -OCH3 is 2. The number of aryl methyl sites for hydroxylation is 1. The van der Waals surface area contributed by atoms with Gasteiger partial charge in [-0.05, 0) is 49.6 Å². The average molecular weight is 293 g/mol. The Labute approximate surface area is 127 Å². The molecular formula is C17H27NO3. The number of fused-ring (bicyclic) bond motifs is 1. The first-order valence-electron chi connectivity index (χ1n) is 7.71. The molecule has 0 heterocycles. The largest absolute Gasteiger partial charge is 0.497 e. The topological polar surface area (TPSA) is 41.9 Å². The molecule has 1 aliphatic rings. The van der Waals surface area contributed by atoms with Crippen molar-refractivity contribution in [2.75, 3.05) is 27.4 Å². The highest BCUT2D eigenvalue weighted by Crippen LogP contribution is 2.35. The first-order chi connectivity index (χ1) is 10.1. The van der Waals surface area contributed by atoms with Gasteiger partial charge < -0.3 is 14.6 Å². The Kier molecular flexibility index (Phi) is 5.62. The molecular weight excluding hydrogens is 266 g/mol. The molecule has 0 aliphatic heterocycles. The highest BCUT2D eigenvalue weighted by atomic mass is 16.5. The van der Waals surface area contributed by atoms with Gasteiger partial charge in [-0.2, -0.15) is 0 Å². The Balaban J connectivity index is 2.23. The third-order valence-corrected chi connectivity index (χ3v) is 4.51. The van der Waals surface area contributed by atoms with Crippen molar-refractivity contribution < 1.29 is 14.6 Å². The number of nitrogens with zero attached hydrogens (tertiary/aromatic N) is 1. The highest BCUT2D eigenvalue weighted by Gasteiger charge is 2.33. The van der Waals surface area contributed by atoms with Gasteiger partial charge in [0.05, 0.1) is 19.8 Å². The van der Waals surface area contributed by atoms with Gasteiger partial charge in [-0.1, -0.05) is 13.0 Å². The summed E-state index contributed by atoms with van der Waals surface area (Å²) in [6.45, 7) is 5.88. The summed E-state index contributed by atoms with van der Waals surface area (Å²) in [6.07, 6.45) is 1.50. The van der Waals surface area contributed by atoms with Crippen LogP contribution in [0.1, 0.15) is 37.5 Å². The second-order valence-corrected chi connectivity index (χ2v) is 5.75. The smallest absolute Gasteiger partial charge is 0.119 e. The van der Waals surface area contributed by atoms with Gasteiger partial charge in [-0.3, -0.25) is 4.90 Å². The Bertz CT molecular complexity index is 463. The number of ether oxygens (including phenoxy) is 2. The number of hydrogen-bond donors (Lipinski definition) is 1. The molecule has 0 saturated heterocycles. The molecule has 1 aromatic rings. The molecule has 0 bridgehead atoms. The molecule has 1 aliphatic carbocycles. The number of aliphatic hydroxyl groups is 1. The molecule has 118 valence electrons. The van der Waals surface area contributed by atoms with Crippen molar-refractivity contribution in [2.24, 2.45) is 0 Å². The van der Waals surface area contributed by atoms with Crippen molar-refractivity contribution in [3.05, 3.63) is 29.3 Å². The van der Waals surface area contributed by atoms with Crippen molar-refractivity contribution in [3.8, 4) is 5.75 Å². The van der Waals surface area contributed by atoms with Crippen LogP contribution in [0.3, 0.4) is 0 Å². The maximum absolute atomic E-state index is 10.8. The van der Waals surface area contributed by atoms with Crippen LogP contribution in [0.5, 0.6) is 5.75 Å². The van der Waals surface area contributed by atoms with Crippen LogP contribution in [0.25, 0.3) is 0 Å². The summed E-state index contributed by atoms with van der Waals surface area (Å²) in [4.78, 5) is 2.34. The zero-order chi connectivity index (χ0) is 15.4. The summed E-state index contributed by atoms with van der Waals surface area (Å²) in [6, 6.07) is 6.45. The summed E-state index contributed by atoms with van der Waals surface area (Å²) < 4.78 is 10.6. The van der Waals surface area contributed by atoms with Gasteiger partial charge >= 0.3 is 0 Å². The number of rotatable bonds is 6. The summed E-state index contributed by atoms with van der Waals surface area (Å²) >= 11 is 0. The van der Waals surface area contributed by atoms with Crippen molar-refractivity contribution >= 4 is 0 Å². The molecule has 0 aromatic heterocycles. The Hall–Kier alpha value is -1.10. The monoisotopic (exact) mass is 293 g/mol. The maximum atomic E-state index is 10.8. The minimum Gasteiger partial charge on any atom is -0.497 e. The molecule has 0 fully saturated rings. The highest BCUT2D eigenvalue weighted by molar-refractivity contribution is 5.39. The van der Waals surface area contributed by atoms with Gasteiger partial charge in [0.15, 0.2) is 0 Å². The molecule has 0 spiro atoms. The van der Waals surface area contributed by atoms with Gasteiger partial charge in [0, 0.05) is 19.2 Å². The van der Waals surface area contributed by atoms with Crippen LogP contribution < -0.4 is 4.74 Å². The van der Waals surface area contributed by atoms with Crippen molar-refractivity contribution in [1.82, 2.24) is 4.90 Å². The van der Waals surface area contributed by atoms with Crippen LogP contribution in [0.15, 0.2) is 18.2 Å². The summed E-state index contributed by atoms with van der Waals surface area (Å²) in [5.74, 6) is 0.807. The zero-order valence-electron chi connectivity index (χ0n) is 13.5. The lowest BCUT2D eigenvalue weighted by atomic mass is 9.84. The molecule has 0 saturated carbocycles. The number of aliphatic hydroxyl groups excluding tert-OH is 1. The third-order valence-electron chi connectivity index (χ3n) is 4.51. The Morgan fingerprint density at radius 2 is 2.14 bits per heavy atom. The predicted molar refractivity (Wildman–Crippen MR) is 83.8 cm³/mol. The van der Waals surface area contributed by atoms with E-state index in [4.69, 9.17) is 9.47 Å². The minimum atomic E-state index is -0.469. The normalized spacial score (nSPS) is 23.0. The summed E-state index contributed by atoms with van der Waals surface area (Å²) in [5.41, 5.74) is 2.24. The van der Waals surface area contributed by atoms with E-state index in [1.165, 1.54) is 5.56 Å². The molecule has 3 unspecified atom stereocenters. The van der Waals surface area contributed by atoms with E-state index in [2.05, 4.69) is 24.8 Å². The van der Waals surface area contributed by atoms with E-state index < -0.39 is 6.10 Å². The average Bonchev–Trinajstić information content (AvgIpc) is 2.50. The van der Waals surface area contributed by atoms with E-state index in [1.54, 1.807) is 14.2 Å². The fourth-order valence-electron chi connectivity index (χ4n) is 3.43. The van der Waals surface area contributed by atoms with Crippen LogP contribution in [0, 0.1) is 0 Å². The van der Waals surface area contributed by atoms with Crippen molar-refractivity contribution in [3.63, 3.8) is 0 Å². The molecule has 4 heteroatoms. The lowest BCUT2D eigenvalue weighted by molar-refractivity contribution is -0.00192. The second kappa shape index (κ2) is 7.25. The first-order valence-corrected chi connectivity index (χ1v) is 7.71. The van der Waals surface area contributed by atoms with Crippen LogP contribution in [-0.2, 0) is 11.2 Å². The van der Waals surface area contributed by atoms with E-state index in [0.717, 1.165) is 30.7 Å². The van der Waals surface area contributed by atoms with E-state index in [1.807, 2.05) is 12.1 Å². The van der Waals surface area contributed by atoms with Crippen LogP contribution >= 0.6 is 0 Å². The van der Waals surface area contributed by atoms with Gasteiger partial charge in [0.1, 0.15) is 5.75 Å². The predicted octanol–water partition coefficient (Wildman–Crippen LogP) is 2.40. The molecule has 3 atom stereocenters. The van der Waals surface area contributed by atoms with Gasteiger partial charge in [-0.25, -0.2) is 0 Å². The van der Waals surface area contributed by atoms with E-state index >= 15 is 0 Å². The molecule has 4 nitrogen and oxygen atoms in total. The van der Waals surface area contributed by atoms with E-state index in [-0.39, 0.29) is 6.04 Å². The van der Waals surface area contributed by atoms with E-state index in [9.17, 15) is 5.11 Å². The summed E-state index contributed by atoms with van der Waals surface area (Å²) in [5, 5.41) is 10.8. The molecule has 0 radical (unpaired) electrons.